The van der Waals surface area contributed by atoms with E-state index < -0.39 is 0 Å². The highest BCUT2D eigenvalue weighted by Gasteiger charge is 2.29. The van der Waals surface area contributed by atoms with E-state index in [0.717, 1.165) is 33.0 Å². The molecule has 0 spiro atoms. The van der Waals surface area contributed by atoms with Crippen molar-refractivity contribution < 1.29 is 9.53 Å². The number of ether oxygens (including phenoxy) is 1. The van der Waals surface area contributed by atoms with E-state index in [0.29, 0.717) is 12.2 Å². The molecular formula is C20H18BrN5O2. The lowest BCUT2D eigenvalue weighted by Crippen LogP contribution is -2.09. The summed E-state index contributed by atoms with van der Waals surface area (Å²) in [5.41, 5.74) is 3.39. The van der Waals surface area contributed by atoms with Crippen LogP contribution in [0.5, 0.6) is 0 Å². The van der Waals surface area contributed by atoms with E-state index >= 15 is 0 Å². The molecule has 1 atom stereocenters. The fourth-order valence-corrected chi connectivity index (χ4v) is 3.69. The van der Waals surface area contributed by atoms with Gasteiger partial charge in [-0.2, -0.15) is 0 Å². The van der Waals surface area contributed by atoms with Crippen molar-refractivity contribution in [2.45, 2.75) is 25.8 Å². The summed E-state index contributed by atoms with van der Waals surface area (Å²) in [5.74, 6) is 1.19. The molecule has 0 radical (unpaired) electrons. The summed E-state index contributed by atoms with van der Waals surface area (Å²) in [6.07, 6.45) is 2.46. The van der Waals surface area contributed by atoms with Gasteiger partial charge in [0.15, 0.2) is 5.82 Å². The number of methoxy groups -OCH3 is 1. The highest BCUT2D eigenvalue weighted by Crippen LogP contribution is 2.34. The summed E-state index contributed by atoms with van der Waals surface area (Å²) in [6.45, 7) is 1.91. The molecule has 0 bridgehead atoms. The van der Waals surface area contributed by atoms with Crippen molar-refractivity contribution in [2.24, 2.45) is 4.99 Å². The smallest absolute Gasteiger partial charge is 0.305 e. The van der Waals surface area contributed by atoms with Crippen molar-refractivity contribution in [3.63, 3.8) is 0 Å². The number of halogens is 1. The molecular weight excluding hydrogens is 422 g/mol. The number of benzene rings is 1. The molecule has 142 valence electrons. The van der Waals surface area contributed by atoms with Gasteiger partial charge in [-0.05, 0) is 43.7 Å². The molecule has 4 rings (SSSR count). The van der Waals surface area contributed by atoms with Gasteiger partial charge < -0.3 is 4.74 Å². The van der Waals surface area contributed by atoms with E-state index in [1.54, 1.807) is 6.20 Å². The van der Waals surface area contributed by atoms with Gasteiger partial charge >= 0.3 is 5.97 Å². The van der Waals surface area contributed by atoms with Crippen molar-refractivity contribution in [3.8, 4) is 5.69 Å². The second-order valence-electron chi connectivity index (χ2n) is 6.43. The van der Waals surface area contributed by atoms with Crippen molar-refractivity contribution >= 4 is 27.6 Å². The largest absolute Gasteiger partial charge is 0.469 e. The molecule has 3 aromatic rings. The Hall–Kier alpha value is -2.87. The minimum atomic E-state index is -0.344. The Morgan fingerprint density at radius 3 is 2.86 bits per heavy atom. The molecule has 3 heterocycles. The number of carbonyl (C=O) groups excluding carboxylic acids is 1. The monoisotopic (exact) mass is 439 g/mol. The van der Waals surface area contributed by atoms with Gasteiger partial charge in [-0.25, -0.2) is 0 Å². The zero-order chi connectivity index (χ0) is 19.7. The molecule has 0 saturated carbocycles. The molecule has 8 heteroatoms. The molecule has 28 heavy (non-hydrogen) atoms. The summed E-state index contributed by atoms with van der Waals surface area (Å²) >= 11 is 3.56. The number of esters is 1. The third-order valence-corrected chi connectivity index (χ3v) is 5.14. The second-order valence-corrected chi connectivity index (χ2v) is 7.34. The van der Waals surface area contributed by atoms with Gasteiger partial charge in [0.1, 0.15) is 11.9 Å². The van der Waals surface area contributed by atoms with Crippen LogP contribution in [0.2, 0.25) is 0 Å². The van der Waals surface area contributed by atoms with Crippen LogP contribution in [0, 0.1) is 6.92 Å². The predicted molar refractivity (Wildman–Crippen MR) is 108 cm³/mol. The molecule has 0 unspecified atom stereocenters. The van der Waals surface area contributed by atoms with Crippen LogP contribution in [-0.2, 0) is 9.53 Å². The molecule has 1 aliphatic heterocycles. The predicted octanol–water partition coefficient (Wildman–Crippen LogP) is 3.58. The molecule has 0 amide bonds. The fraction of sp³-hybridized carbons (Fsp3) is 0.250. The molecule has 0 saturated heterocycles. The van der Waals surface area contributed by atoms with Crippen LogP contribution in [0.1, 0.15) is 41.8 Å². The van der Waals surface area contributed by atoms with E-state index in [2.05, 4.69) is 31.1 Å². The average Bonchev–Trinajstić information content (AvgIpc) is 3.03. The molecule has 1 aromatic carbocycles. The number of aromatic nitrogens is 4. The van der Waals surface area contributed by atoms with E-state index in [9.17, 15) is 4.79 Å². The number of hydrogen-bond acceptors (Lipinski definition) is 6. The van der Waals surface area contributed by atoms with Crippen LogP contribution < -0.4 is 0 Å². The van der Waals surface area contributed by atoms with Crippen LogP contribution in [-0.4, -0.2) is 38.5 Å². The van der Waals surface area contributed by atoms with Crippen LogP contribution >= 0.6 is 15.9 Å². The molecule has 2 aromatic heterocycles. The lowest BCUT2D eigenvalue weighted by Gasteiger charge is -2.12. The molecule has 7 nitrogen and oxygen atoms in total. The zero-order valence-electron chi connectivity index (χ0n) is 15.5. The Labute approximate surface area is 170 Å². The van der Waals surface area contributed by atoms with E-state index in [4.69, 9.17) is 9.73 Å². The highest BCUT2D eigenvalue weighted by atomic mass is 79.9. The van der Waals surface area contributed by atoms with Gasteiger partial charge in [0, 0.05) is 22.7 Å². The van der Waals surface area contributed by atoms with Gasteiger partial charge in [-0.1, -0.05) is 22.0 Å². The number of aryl methyl sites for hydroxylation is 1. The van der Waals surface area contributed by atoms with Gasteiger partial charge in [-0.15, -0.1) is 10.2 Å². The molecule has 1 aliphatic rings. The minimum absolute atomic E-state index is 0.242. The number of aliphatic imine (C=N–C) groups is 1. The normalized spacial score (nSPS) is 15.2. The first-order valence-corrected chi connectivity index (χ1v) is 9.66. The maximum atomic E-state index is 11.7. The first-order valence-electron chi connectivity index (χ1n) is 8.86. The Balaban J connectivity index is 1.93. The molecule has 0 aliphatic carbocycles. The average molecular weight is 440 g/mol. The van der Waals surface area contributed by atoms with Gasteiger partial charge in [0.05, 0.1) is 24.2 Å². The maximum absolute atomic E-state index is 11.7. The van der Waals surface area contributed by atoms with E-state index in [1.165, 1.54) is 7.11 Å². The maximum Gasteiger partial charge on any atom is 0.305 e. The lowest BCUT2D eigenvalue weighted by atomic mass is 10.0. The first kappa shape index (κ1) is 18.5. The minimum Gasteiger partial charge on any atom is -0.469 e. The van der Waals surface area contributed by atoms with Crippen molar-refractivity contribution in [1.82, 2.24) is 19.7 Å². The van der Waals surface area contributed by atoms with Crippen LogP contribution in [0.4, 0.5) is 0 Å². The summed E-state index contributed by atoms with van der Waals surface area (Å²) in [4.78, 5) is 21.2. The quantitative estimate of drug-likeness (QED) is 0.580. The Kier molecular flexibility index (Phi) is 5.04. The number of carbonyl (C=O) groups is 1. The van der Waals surface area contributed by atoms with Crippen molar-refractivity contribution in [1.29, 1.82) is 0 Å². The van der Waals surface area contributed by atoms with Crippen LogP contribution in [0.3, 0.4) is 0 Å². The standard InChI is InChI=1S/C20H18BrN5O2/c1-12-24-25-20-16(7-9-18(27)28-2)23-19(15-5-3-4-10-22-15)14-11-13(21)6-8-17(14)26(12)20/h3-6,8,10-11,16H,7,9H2,1-2H3/t16-/m0/s1. The summed E-state index contributed by atoms with van der Waals surface area (Å²) in [5, 5.41) is 8.63. The Morgan fingerprint density at radius 2 is 2.11 bits per heavy atom. The Morgan fingerprint density at radius 1 is 1.25 bits per heavy atom. The number of pyridine rings is 1. The zero-order valence-corrected chi connectivity index (χ0v) is 17.0. The number of hydrogen-bond donors (Lipinski definition) is 0. The summed E-state index contributed by atoms with van der Waals surface area (Å²) < 4.78 is 7.75. The van der Waals surface area contributed by atoms with Crippen LogP contribution in [0.25, 0.3) is 5.69 Å². The van der Waals surface area contributed by atoms with Crippen LogP contribution in [0.15, 0.2) is 52.1 Å². The topological polar surface area (TPSA) is 82.3 Å². The molecule has 0 N–H and O–H groups in total. The SMILES string of the molecule is COC(=O)CC[C@@H]1N=C(c2ccccn2)c2cc(Br)ccc2-n2c(C)nnc21. The third kappa shape index (κ3) is 3.35. The molecule has 0 fully saturated rings. The number of fused-ring (bicyclic) bond motifs is 3. The third-order valence-electron chi connectivity index (χ3n) is 4.64. The summed E-state index contributed by atoms with van der Waals surface area (Å²) in [7, 11) is 1.39. The highest BCUT2D eigenvalue weighted by molar-refractivity contribution is 9.10. The fourth-order valence-electron chi connectivity index (χ4n) is 3.33. The Bertz CT molecular complexity index is 1060. The second kappa shape index (κ2) is 7.63. The van der Waals surface area contributed by atoms with E-state index in [1.807, 2.05) is 47.9 Å². The van der Waals surface area contributed by atoms with Crippen molar-refractivity contribution in [3.05, 3.63) is 70.0 Å². The van der Waals surface area contributed by atoms with E-state index in [-0.39, 0.29) is 18.4 Å². The first-order chi connectivity index (χ1) is 13.6. The summed E-state index contributed by atoms with van der Waals surface area (Å²) in [6, 6.07) is 11.4. The van der Waals surface area contributed by atoms with Gasteiger partial charge in [0.25, 0.3) is 0 Å². The van der Waals surface area contributed by atoms with Crippen molar-refractivity contribution in [2.75, 3.05) is 7.11 Å². The lowest BCUT2D eigenvalue weighted by molar-refractivity contribution is -0.140. The van der Waals surface area contributed by atoms with Gasteiger partial charge in [0.2, 0.25) is 0 Å². The number of nitrogens with zero attached hydrogens (tertiary/aromatic N) is 5. The van der Waals surface area contributed by atoms with Gasteiger partial charge in [-0.3, -0.25) is 19.3 Å². The number of rotatable bonds is 4.